The quantitative estimate of drug-likeness (QED) is 0.894. The molecule has 118 valence electrons. The molecule has 7 heteroatoms. The molecule has 1 aromatic rings. The van der Waals surface area contributed by atoms with Crippen molar-refractivity contribution in [1.82, 2.24) is 4.90 Å². The maximum atomic E-state index is 13.1. The van der Waals surface area contributed by atoms with Crippen LogP contribution >= 0.6 is 0 Å². The average molecular weight is 304 g/mol. The maximum absolute atomic E-state index is 13.1. The number of nitrogens with zero attached hydrogens (tertiary/aromatic N) is 1. The third-order valence-electron chi connectivity index (χ3n) is 2.90. The smallest absolute Gasteiger partial charge is 0.418 e. The number of urea groups is 1. The Labute approximate surface area is 121 Å². The molecule has 0 aliphatic carbocycles. The Hall–Kier alpha value is -1.92. The molecule has 0 aliphatic heterocycles. The molecule has 0 saturated carbocycles. The van der Waals surface area contributed by atoms with Crippen molar-refractivity contribution >= 4 is 11.7 Å². The van der Waals surface area contributed by atoms with Crippen molar-refractivity contribution in [3.8, 4) is 5.75 Å². The van der Waals surface area contributed by atoms with E-state index in [0.717, 1.165) is 6.07 Å². The number of carbonyl (C=O) groups excluding carboxylic acids is 1. The van der Waals surface area contributed by atoms with Gasteiger partial charge in [0.2, 0.25) is 0 Å². The summed E-state index contributed by atoms with van der Waals surface area (Å²) in [5, 5.41) is 2.30. The van der Waals surface area contributed by atoms with Crippen molar-refractivity contribution in [2.45, 2.75) is 26.9 Å². The van der Waals surface area contributed by atoms with Crippen LogP contribution in [0.4, 0.5) is 23.7 Å². The second kappa shape index (κ2) is 7.19. The van der Waals surface area contributed by atoms with Gasteiger partial charge in [0.15, 0.2) is 0 Å². The molecule has 1 rings (SSSR count). The van der Waals surface area contributed by atoms with Gasteiger partial charge in [0.25, 0.3) is 0 Å². The summed E-state index contributed by atoms with van der Waals surface area (Å²) in [6.45, 7) is 6.30. The molecular formula is C14H19F3N2O2. The highest BCUT2D eigenvalue weighted by Gasteiger charge is 2.34. The highest BCUT2D eigenvalue weighted by atomic mass is 19.4. The van der Waals surface area contributed by atoms with Crippen molar-refractivity contribution in [3.05, 3.63) is 23.8 Å². The van der Waals surface area contributed by atoms with E-state index >= 15 is 0 Å². The number of ether oxygens (including phenoxy) is 1. The molecule has 0 saturated heterocycles. The van der Waals surface area contributed by atoms with Gasteiger partial charge in [0.1, 0.15) is 5.75 Å². The Morgan fingerprint density at radius 3 is 2.33 bits per heavy atom. The third kappa shape index (κ3) is 4.54. The Morgan fingerprint density at radius 1 is 1.24 bits per heavy atom. The molecular weight excluding hydrogens is 285 g/mol. The second-order valence-electron chi connectivity index (χ2n) is 4.24. The van der Waals surface area contributed by atoms with Crippen molar-refractivity contribution in [2.75, 3.05) is 25.0 Å². The van der Waals surface area contributed by atoms with Gasteiger partial charge >= 0.3 is 12.2 Å². The molecule has 0 unspecified atom stereocenters. The van der Waals surface area contributed by atoms with Gasteiger partial charge in [-0.25, -0.2) is 4.79 Å². The van der Waals surface area contributed by atoms with Gasteiger partial charge in [-0.3, -0.25) is 0 Å². The zero-order chi connectivity index (χ0) is 16.0. The van der Waals surface area contributed by atoms with Gasteiger partial charge in [-0.2, -0.15) is 13.2 Å². The fraction of sp³-hybridized carbons (Fsp3) is 0.500. The zero-order valence-electron chi connectivity index (χ0n) is 12.3. The molecule has 0 spiro atoms. The summed E-state index contributed by atoms with van der Waals surface area (Å²) >= 11 is 0. The molecule has 4 nitrogen and oxygen atoms in total. The van der Waals surface area contributed by atoms with Crippen LogP contribution in [0.2, 0.25) is 0 Å². The first-order valence-electron chi connectivity index (χ1n) is 6.73. The first-order chi connectivity index (χ1) is 9.83. The highest BCUT2D eigenvalue weighted by molar-refractivity contribution is 5.90. The summed E-state index contributed by atoms with van der Waals surface area (Å²) < 4.78 is 44.3. The van der Waals surface area contributed by atoms with E-state index in [-0.39, 0.29) is 18.0 Å². The van der Waals surface area contributed by atoms with Crippen molar-refractivity contribution in [1.29, 1.82) is 0 Å². The zero-order valence-corrected chi connectivity index (χ0v) is 12.3. The number of carbonyl (C=O) groups is 1. The number of amides is 2. The van der Waals surface area contributed by atoms with Crippen LogP contribution in [-0.4, -0.2) is 30.6 Å². The van der Waals surface area contributed by atoms with Gasteiger partial charge < -0.3 is 15.0 Å². The summed E-state index contributed by atoms with van der Waals surface area (Å²) in [6.07, 6.45) is -4.57. The number of nitrogens with one attached hydrogen (secondary N) is 1. The predicted octanol–water partition coefficient (Wildman–Crippen LogP) is 3.98. The van der Waals surface area contributed by atoms with Gasteiger partial charge in [-0.1, -0.05) is 0 Å². The molecule has 21 heavy (non-hydrogen) atoms. The topological polar surface area (TPSA) is 41.6 Å². The number of benzene rings is 1. The van der Waals surface area contributed by atoms with Gasteiger partial charge in [-0.15, -0.1) is 0 Å². The molecule has 1 aromatic carbocycles. The normalized spacial score (nSPS) is 11.1. The standard InChI is InChI=1S/C14H19F3N2O2/c1-4-19(5-2)13(20)18-12-8-7-10(21-6-3)9-11(12)14(15,16)17/h7-9H,4-6H2,1-3H3,(H,18,20). The lowest BCUT2D eigenvalue weighted by Gasteiger charge is -2.21. The van der Waals surface area contributed by atoms with Crippen LogP contribution in [0.15, 0.2) is 18.2 Å². The number of anilines is 1. The number of hydrogen-bond acceptors (Lipinski definition) is 2. The molecule has 0 fully saturated rings. The number of rotatable bonds is 5. The molecule has 0 bridgehead atoms. The van der Waals surface area contributed by atoms with Gasteiger partial charge in [0.05, 0.1) is 17.9 Å². The average Bonchev–Trinajstić information content (AvgIpc) is 2.41. The SMILES string of the molecule is CCOc1ccc(NC(=O)N(CC)CC)c(C(F)(F)F)c1. The fourth-order valence-corrected chi connectivity index (χ4v) is 1.83. The van der Waals surface area contributed by atoms with Crippen LogP contribution < -0.4 is 10.1 Å². The Bertz CT molecular complexity index is 486. The minimum absolute atomic E-state index is 0.116. The number of alkyl halides is 3. The maximum Gasteiger partial charge on any atom is 0.418 e. The van der Waals surface area contributed by atoms with Crippen molar-refractivity contribution < 1.29 is 22.7 Å². The number of hydrogen-bond donors (Lipinski definition) is 1. The van der Waals surface area contributed by atoms with E-state index in [1.807, 2.05) is 0 Å². The summed E-state index contributed by atoms with van der Waals surface area (Å²) in [5.74, 6) is 0.116. The first-order valence-corrected chi connectivity index (χ1v) is 6.73. The largest absolute Gasteiger partial charge is 0.494 e. The van der Waals surface area contributed by atoms with Crippen LogP contribution in [0.25, 0.3) is 0 Å². The fourth-order valence-electron chi connectivity index (χ4n) is 1.83. The van der Waals surface area contributed by atoms with Crippen molar-refractivity contribution in [2.24, 2.45) is 0 Å². The Kier molecular flexibility index (Phi) is 5.87. The molecule has 0 aromatic heterocycles. The van der Waals surface area contributed by atoms with Crippen LogP contribution in [0.3, 0.4) is 0 Å². The van der Waals surface area contributed by atoms with E-state index < -0.39 is 17.8 Å². The van der Waals surface area contributed by atoms with Crippen LogP contribution in [0, 0.1) is 0 Å². The molecule has 1 N–H and O–H groups in total. The van der Waals surface area contributed by atoms with Gasteiger partial charge in [-0.05, 0) is 39.0 Å². The summed E-state index contributed by atoms with van der Waals surface area (Å²) in [5.41, 5.74) is -1.20. The second-order valence-corrected chi connectivity index (χ2v) is 4.24. The lowest BCUT2D eigenvalue weighted by molar-refractivity contribution is -0.137. The van der Waals surface area contributed by atoms with Gasteiger partial charge in [0, 0.05) is 13.1 Å². The lowest BCUT2D eigenvalue weighted by Crippen LogP contribution is -2.35. The van der Waals surface area contributed by atoms with E-state index in [4.69, 9.17) is 4.74 Å². The minimum Gasteiger partial charge on any atom is -0.494 e. The molecule has 0 atom stereocenters. The Morgan fingerprint density at radius 2 is 1.86 bits per heavy atom. The Balaban J connectivity index is 3.08. The lowest BCUT2D eigenvalue weighted by atomic mass is 10.1. The summed E-state index contributed by atoms with van der Waals surface area (Å²) in [4.78, 5) is 13.3. The summed E-state index contributed by atoms with van der Waals surface area (Å²) in [6, 6.07) is 2.93. The van der Waals surface area contributed by atoms with E-state index in [9.17, 15) is 18.0 Å². The molecule has 0 aliphatic rings. The van der Waals surface area contributed by atoms with Crippen molar-refractivity contribution in [3.63, 3.8) is 0 Å². The predicted molar refractivity (Wildman–Crippen MR) is 74.6 cm³/mol. The van der Waals surface area contributed by atoms with Crippen LogP contribution in [0.5, 0.6) is 5.75 Å². The van der Waals surface area contributed by atoms with E-state index in [2.05, 4.69) is 5.32 Å². The highest BCUT2D eigenvalue weighted by Crippen LogP contribution is 2.37. The number of halogens is 3. The third-order valence-corrected chi connectivity index (χ3v) is 2.90. The van der Waals surface area contributed by atoms with E-state index in [1.165, 1.54) is 17.0 Å². The monoisotopic (exact) mass is 304 g/mol. The van der Waals surface area contributed by atoms with Crippen LogP contribution in [-0.2, 0) is 6.18 Å². The molecule has 2 amide bonds. The summed E-state index contributed by atoms with van der Waals surface area (Å²) in [7, 11) is 0. The first kappa shape index (κ1) is 17.1. The van der Waals surface area contributed by atoms with Crippen LogP contribution in [0.1, 0.15) is 26.3 Å². The van der Waals surface area contributed by atoms with E-state index in [1.54, 1.807) is 20.8 Å². The minimum atomic E-state index is -4.57. The molecule has 0 radical (unpaired) electrons. The van der Waals surface area contributed by atoms with E-state index in [0.29, 0.717) is 13.1 Å². The molecule has 0 heterocycles.